The third kappa shape index (κ3) is 3.46. The highest BCUT2D eigenvalue weighted by Crippen LogP contribution is 2.25. The van der Waals surface area contributed by atoms with Crippen molar-refractivity contribution in [3.63, 3.8) is 0 Å². The van der Waals surface area contributed by atoms with Crippen LogP contribution in [0.1, 0.15) is 23.3 Å². The Bertz CT molecular complexity index is 961. The Morgan fingerprint density at radius 1 is 1.19 bits per heavy atom. The molecule has 0 aliphatic carbocycles. The maximum Gasteiger partial charge on any atom is 0.224 e. The Kier molecular flexibility index (Phi) is 4.67. The van der Waals surface area contributed by atoms with Crippen molar-refractivity contribution in [3.8, 4) is 0 Å². The summed E-state index contributed by atoms with van der Waals surface area (Å²) in [6.45, 7) is 1.40. The average molecular weight is 365 g/mol. The van der Waals surface area contributed by atoms with Crippen LogP contribution in [-0.2, 0) is 22.6 Å². The van der Waals surface area contributed by atoms with Gasteiger partial charge in [-0.05, 0) is 35.6 Å². The summed E-state index contributed by atoms with van der Waals surface area (Å²) < 4.78 is 0. The number of benzene rings is 1. The highest BCUT2D eigenvalue weighted by atomic mass is 32.1. The molecule has 26 heavy (non-hydrogen) atoms. The maximum atomic E-state index is 12.4. The molecule has 5 nitrogen and oxygen atoms in total. The van der Waals surface area contributed by atoms with Gasteiger partial charge in [-0.15, -0.1) is 11.3 Å². The van der Waals surface area contributed by atoms with Crippen molar-refractivity contribution < 1.29 is 9.59 Å². The second-order valence-corrected chi connectivity index (χ2v) is 7.39. The van der Waals surface area contributed by atoms with Gasteiger partial charge < -0.3 is 10.2 Å². The monoisotopic (exact) mass is 365 g/mol. The van der Waals surface area contributed by atoms with Crippen LogP contribution in [0.25, 0.3) is 10.8 Å². The van der Waals surface area contributed by atoms with E-state index in [9.17, 15) is 9.59 Å². The molecule has 0 fully saturated rings. The fourth-order valence-corrected chi connectivity index (χ4v) is 4.17. The summed E-state index contributed by atoms with van der Waals surface area (Å²) >= 11 is 1.75. The van der Waals surface area contributed by atoms with Crippen LogP contribution >= 0.6 is 11.3 Å². The Morgan fingerprint density at radius 2 is 2.12 bits per heavy atom. The van der Waals surface area contributed by atoms with Crippen molar-refractivity contribution in [3.05, 3.63) is 58.5 Å². The van der Waals surface area contributed by atoms with Gasteiger partial charge in [0.1, 0.15) is 0 Å². The molecule has 0 spiro atoms. The zero-order chi connectivity index (χ0) is 17.9. The highest BCUT2D eigenvalue weighted by Gasteiger charge is 2.21. The summed E-state index contributed by atoms with van der Waals surface area (Å²) in [4.78, 5) is 32.1. The van der Waals surface area contributed by atoms with Crippen LogP contribution in [0.5, 0.6) is 0 Å². The Morgan fingerprint density at radius 3 is 3.04 bits per heavy atom. The van der Waals surface area contributed by atoms with Crippen LogP contribution in [0.3, 0.4) is 0 Å². The van der Waals surface area contributed by atoms with Crippen molar-refractivity contribution in [1.29, 1.82) is 0 Å². The smallest absolute Gasteiger partial charge is 0.224 e. The molecule has 0 saturated carbocycles. The normalized spacial score (nSPS) is 13.5. The number of fused-ring (bicyclic) bond motifs is 2. The molecular formula is C20H19N3O2S. The summed E-state index contributed by atoms with van der Waals surface area (Å²) in [6, 6.07) is 9.67. The first-order valence-corrected chi connectivity index (χ1v) is 9.54. The maximum absolute atomic E-state index is 12.4. The zero-order valence-corrected chi connectivity index (χ0v) is 15.1. The molecule has 6 heteroatoms. The van der Waals surface area contributed by atoms with Gasteiger partial charge in [0.2, 0.25) is 11.8 Å². The first kappa shape index (κ1) is 16.7. The second kappa shape index (κ2) is 7.25. The molecule has 1 N–H and O–H groups in total. The number of carbonyl (C=O) groups excluding carboxylic acids is 2. The van der Waals surface area contributed by atoms with E-state index in [1.807, 2.05) is 29.2 Å². The van der Waals surface area contributed by atoms with Gasteiger partial charge in [0.25, 0.3) is 0 Å². The molecule has 2 amide bonds. The molecule has 1 aliphatic rings. The van der Waals surface area contributed by atoms with Crippen molar-refractivity contribution >= 4 is 39.6 Å². The minimum absolute atomic E-state index is 0.0409. The van der Waals surface area contributed by atoms with E-state index in [0.717, 1.165) is 29.4 Å². The molecule has 1 aromatic carbocycles. The predicted molar refractivity (Wildman–Crippen MR) is 103 cm³/mol. The minimum Gasteiger partial charge on any atom is -0.338 e. The number of nitrogens with zero attached hydrogens (tertiary/aromatic N) is 2. The number of rotatable bonds is 4. The minimum atomic E-state index is -0.143. The molecule has 132 valence electrons. The van der Waals surface area contributed by atoms with Gasteiger partial charge in [-0.25, -0.2) is 0 Å². The largest absolute Gasteiger partial charge is 0.338 e. The number of hydrogen-bond donors (Lipinski definition) is 1. The summed E-state index contributed by atoms with van der Waals surface area (Å²) in [5, 5.41) is 6.91. The zero-order valence-electron chi connectivity index (χ0n) is 14.3. The van der Waals surface area contributed by atoms with Crippen molar-refractivity contribution in [2.24, 2.45) is 0 Å². The van der Waals surface area contributed by atoms with Gasteiger partial charge in [0.15, 0.2) is 0 Å². The van der Waals surface area contributed by atoms with Crippen LogP contribution in [0.4, 0.5) is 5.69 Å². The van der Waals surface area contributed by atoms with Crippen LogP contribution in [0.2, 0.25) is 0 Å². The van der Waals surface area contributed by atoms with Gasteiger partial charge in [-0.2, -0.15) is 0 Å². The van der Waals surface area contributed by atoms with Crippen LogP contribution < -0.4 is 5.32 Å². The van der Waals surface area contributed by atoms with Crippen LogP contribution in [0.15, 0.2) is 48.1 Å². The molecule has 4 rings (SSSR count). The molecule has 0 saturated heterocycles. The number of hydrogen-bond acceptors (Lipinski definition) is 4. The first-order valence-electron chi connectivity index (χ1n) is 8.66. The molecule has 3 heterocycles. The lowest BCUT2D eigenvalue weighted by Gasteiger charge is -2.27. The molecule has 0 radical (unpaired) electrons. The number of thiophene rings is 1. The van der Waals surface area contributed by atoms with Gasteiger partial charge in [0.05, 0.1) is 0 Å². The Labute approximate surface area is 155 Å². The molecule has 0 bridgehead atoms. The van der Waals surface area contributed by atoms with Crippen LogP contribution in [0, 0.1) is 0 Å². The lowest BCUT2D eigenvalue weighted by atomic mass is 10.1. The van der Waals surface area contributed by atoms with E-state index in [0.29, 0.717) is 6.54 Å². The number of amides is 2. The molecule has 0 unspecified atom stereocenters. The fourth-order valence-electron chi connectivity index (χ4n) is 3.28. The molecular weight excluding hydrogens is 346 g/mol. The van der Waals surface area contributed by atoms with E-state index in [-0.39, 0.29) is 24.7 Å². The van der Waals surface area contributed by atoms with Crippen molar-refractivity contribution in [1.82, 2.24) is 9.88 Å². The summed E-state index contributed by atoms with van der Waals surface area (Å²) in [6.07, 6.45) is 4.81. The standard InChI is InChI=1S/C20H19N3O2S/c24-19(22-17-3-1-2-14-12-21-9-6-16(14)17)4-5-20(25)23-10-7-18-15(13-23)8-11-26-18/h1-3,6,8-9,11-12H,4-5,7,10,13H2,(H,22,24). The summed E-state index contributed by atoms with van der Waals surface area (Å²) in [5.74, 6) is -0.102. The summed E-state index contributed by atoms with van der Waals surface area (Å²) in [7, 11) is 0. The van der Waals surface area contributed by atoms with Crippen LogP contribution in [-0.4, -0.2) is 28.2 Å². The number of pyridine rings is 1. The van der Waals surface area contributed by atoms with E-state index in [4.69, 9.17) is 0 Å². The number of aromatic nitrogens is 1. The van der Waals surface area contributed by atoms with E-state index in [1.54, 1.807) is 23.7 Å². The molecule has 0 atom stereocenters. The molecule has 3 aromatic rings. The quantitative estimate of drug-likeness (QED) is 0.768. The second-order valence-electron chi connectivity index (χ2n) is 6.38. The Hall–Kier alpha value is -2.73. The van der Waals surface area contributed by atoms with Crippen molar-refractivity contribution in [2.45, 2.75) is 25.8 Å². The van der Waals surface area contributed by atoms with E-state index < -0.39 is 0 Å². The average Bonchev–Trinajstić information content (AvgIpc) is 3.14. The molecule has 2 aromatic heterocycles. The lowest BCUT2D eigenvalue weighted by molar-refractivity contribution is -0.133. The number of carbonyl (C=O) groups is 2. The van der Waals surface area contributed by atoms with Gasteiger partial charge in [-0.1, -0.05) is 12.1 Å². The van der Waals surface area contributed by atoms with E-state index >= 15 is 0 Å². The Balaban J connectivity index is 1.35. The van der Waals surface area contributed by atoms with Crippen molar-refractivity contribution in [2.75, 3.05) is 11.9 Å². The lowest BCUT2D eigenvalue weighted by Crippen LogP contribution is -2.35. The van der Waals surface area contributed by atoms with E-state index in [2.05, 4.69) is 21.7 Å². The van der Waals surface area contributed by atoms with Gasteiger partial charge in [0, 0.05) is 59.7 Å². The topological polar surface area (TPSA) is 62.3 Å². The number of nitrogens with one attached hydrogen (secondary N) is 1. The predicted octanol–water partition coefficient (Wildman–Crippen LogP) is 3.60. The first-order chi connectivity index (χ1) is 12.7. The molecule has 1 aliphatic heterocycles. The van der Waals surface area contributed by atoms with Gasteiger partial charge >= 0.3 is 0 Å². The van der Waals surface area contributed by atoms with E-state index in [1.165, 1.54) is 10.4 Å². The van der Waals surface area contributed by atoms with Gasteiger partial charge in [-0.3, -0.25) is 14.6 Å². The third-order valence-corrected chi connectivity index (χ3v) is 5.70. The fraction of sp³-hybridized carbons (Fsp3) is 0.250. The number of anilines is 1. The summed E-state index contributed by atoms with van der Waals surface area (Å²) in [5.41, 5.74) is 1.99. The highest BCUT2D eigenvalue weighted by molar-refractivity contribution is 7.10. The third-order valence-electron chi connectivity index (χ3n) is 4.68. The SMILES string of the molecule is O=C(CCC(=O)N1CCc2sccc2C1)Nc1cccc2cnccc12.